The van der Waals surface area contributed by atoms with Gasteiger partial charge in [0.15, 0.2) is 0 Å². The van der Waals surface area contributed by atoms with Crippen LogP contribution in [-0.4, -0.2) is 16.5 Å². The van der Waals surface area contributed by atoms with Gasteiger partial charge >= 0.3 is 0 Å². The number of benzene rings is 2. The average molecular weight is 439 g/mol. The number of hydrogen-bond acceptors (Lipinski definition) is 4. The largest absolute Gasteiger partial charge is 0.320 e. The molecule has 23 heavy (non-hydrogen) atoms. The van der Waals surface area contributed by atoms with Crippen molar-refractivity contribution in [3.05, 3.63) is 60.5 Å². The van der Waals surface area contributed by atoms with Crippen LogP contribution in [0.4, 0.5) is 17.1 Å². The molecule has 0 aliphatic carbocycles. The Morgan fingerprint density at radius 2 is 1.96 bits per heavy atom. The Morgan fingerprint density at radius 1 is 1.22 bits per heavy atom. The zero-order valence-electron chi connectivity index (χ0n) is 11.8. The molecule has 0 fully saturated rings. The van der Waals surface area contributed by atoms with E-state index in [1.54, 1.807) is 0 Å². The molecule has 1 aliphatic heterocycles. The molecule has 0 saturated carbocycles. The van der Waals surface area contributed by atoms with Gasteiger partial charge in [0.25, 0.3) is 11.6 Å². The lowest BCUT2D eigenvalue weighted by molar-refractivity contribution is -0.384. The molecule has 2 aromatic rings. The van der Waals surface area contributed by atoms with Crippen molar-refractivity contribution in [2.24, 2.45) is 4.99 Å². The summed E-state index contributed by atoms with van der Waals surface area (Å²) in [5.41, 5.74) is 3.03. The summed E-state index contributed by atoms with van der Waals surface area (Å²) in [6.07, 6.45) is 0. The van der Waals surface area contributed by atoms with Crippen LogP contribution >= 0.6 is 31.9 Å². The van der Waals surface area contributed by atoms with Crippen LogP contribution in [0.25, 0.3) is 0 Å². The standard InChI is InChI=1S/C15H9Br2N3O3/c1-7-2-4-11-12(13(7)17)14(15(21)19-11)18-10-5-3-8(20(22)23)6-9(10)16/h2-6H,1H3,(H,18,19,21). The van der Waals surface area contributed by atoms with Crippen molar-refractivity contribution in [2.45, 2.75) is 6.92 Å². The van der Waals surface area contributed by atoms with E-state index in [9.17, 15) is 14.9 Å². The highest BCUT2D eigenvalue weighted by atomic mass is 79.9. The Kier molecular flexibility index (Phi) is 4.03. The maximum absolute atomic E-state index is 12.2. The molecule has 1 N–H and O–H groups in total. The zero-order valence-corrected chi connectivity index (χ0v) is 14.9. The summed E-state index contributed by atoms with van der Waals surface area (Å²) in [5.74, 6) is -0.309. The Labute approximate surface area is 148 Å². The lowest BCUT2D eigenvalue weighted by atomic mass is 10.1. The van der Waals surface area contributed by atoms with Crippen molar-refractivity contribution in [1.29, 1.82) is 0 Å². The minimum Gasteiger partial charge on any atom is -0.320 e. The van der Waals surface area contributed by atoms with E-state index in [2.05, 4.69) is 42.2 Å². The SMILES string of the molecule is Cc1ccc2c(c1Br)C(=Nc1ccc([N+](=O)[O-])cc1Br)C(=O)N2. The van der Waals surface area contributed by atoms with Crippen molar-refractivity contribution >= 4 is 60.5 Å². The van der Waals surface area contributed by atoms with Gasteiger partial charge in [-0.3, -0.25) is 14.9 Å². The summed E-state index contributed by atoms with van der Waals surface area (Å²) < 4.78 is 1.24. The van der Waals surface area contributed by atoms with Crippen molar-refractivity contribution in [3.63, 3.8) is 0 Å². The number of nitrogens with one attached hydrogen (secondary N) is 1. The van der Waals surface area contributed by atoms with Crippen LogP contribution in [0.1, 0.15) is 11.1 Å². The van der Waals surface area contributed by atoms with E-state index in [4.69, 9.17) is 0 Å². The summed E-state index contributed by atoms with van der Waals surface area (Å²) in [7, 11) is 0. The molecule has 1 amide bonds. The third-order valence-corrected chi connectivity index (χ3v) is 5.07. The molecule has 116 valence electrons. The van der Waals surface area contributed by atoms with Gasteiger partial charge in [-0.1, -0.05) is 6.07 Å². The van der Waals surface area contributed by atoms with E-state index in [1.165, 1.54) is 18.2 Å². The molecule has 1 aliphatic rings. The topological polar surface area (TPSA) is 84.6 Å². The minimum absolute atomic E-state index is 0.0471. The molecule has 0 spiro atoms. The maximum Gasteiger partial charge on any atom is 0.275 e. The number of fused-ring (bicyclic) bond motifs is 1. The monoisotopic (exact) mass is 437 g/mol. The second-order valence-corrected chi connectivity index (χ2v) is 6.57. The van der Waals surface area contributed by atoms with Crippen LogP contribution in [0.3, 0.4) is 0 Å². The first-order valence-electron chi connectivity index (χ1n) is 6.52. The van der Waals surface area contributed by atoms with Crippen molar-refractivity contribution in [1.82, 2.24) is 0 Å². The number of nitro benzene ring substituents is 1. The van der Waals surface area contributed by atoms with Crippen molar-refractivity contribution in [2.75, 3.05) is 5.32 Å². The summed E-state index contributed by atoms with van der Waals surface area (Å²) in [6, 6.07) is 7.93. The predicted octanol–water partition coefficient (Wildman–Crippen LogP) is 4.50. The Hall–Kier alpha value is -2.06. The van der Waals surface area contributed by atoms with Crippen LogP contribution in [0.2, 0.25) is 0 Å². The third kappa shape index (κ3) is 2.79. The van der Waals surface area contributed by atoms with E-state index >= 15 is 0 Å². The molecule has 0 atom stereocenters. The first-order chi connectivity index (χ1) is 10.9. The van der Waals surface area contributed by atoms with Crippen LogP contribution in [0.15, 0.2) is 44.3 Å². The maximum atomic E-state index is 12.2. The van der Waals surface area contributed by atoms with Crippen LogP contribution < -0.4 is 5.32 Å². The van der Waals surface area contributed by atoms with Crippen LogP contribution in [0.5, 0.6) is 0 Å². The molecule has 0 unspecified atom stereocenters. The minimum atomic E-state index is -0.487. The fraction of sp³-hybridized carbons (Fsp3) is 0.0667. The van der Waals surface area contributed by atoms with Crippen LogP contribution in [-0.2, 0) is 4.79 Å². The highest BCUT2D eigenvalue weighted by molar-refractivity contribution is 9.11. The van der Waals surface area contributed by atoms with Crippen LogP contribution in [0, 0.1) is 17.0 Å². The molecule has 0 bridgehead atoms. The van der Waals surface area contributed by atoms with E-state index in [0.717, 1.165) is 10.0 Å². The van der Waals surface area contributed by atoms with E-state index in [-0.39, 0.29) is 17.3 Å². The van der Waals surface area contributed by atoms with Gasteiger partial charge in [0.2, 0.25) is 0 Å². The predicted molar refractivity (Wildman–Crippen MR) is 94.5 cm³/mol. The van der Waals surface area contributed by atoms with Gasteiger partial charge in [-0.05, 0) is 56.5 Å². The summed E-state index contributed by atoms with van der Waals surface area (Å²) >= 11 is 6.75. The summed E-state index contributed by atoms with van der Waals surface area (Å²) in [4.78, 5) is 26.9. The Bertz CT molecular complexity index is 894. The number of halogens is 2. The number of rotatable bonds is 2. The fourth-order valence-electron chi connectivity index (χ4n) is 2.24. The zero-order chi connectivity index (χ0) is 16.7. The number of nitrogens with zero attached hydrogens (tertiary/aromatic N) is 2. The van der Waals surface area contributed by atoms with Crippen molar-refractivity contribution < 1.29 is 9.72 Å². The highest BCUT2D eigenvalue weighted by Gasteiger charge is 2.29. The number of amides is 1. The number of anilines is 1. The molecule has 0 aromatic heterocycles. The normalized spacial score (nSPS) is 14.7. The van der Waals surface area contributed by atoms with Gasteiger partial charge in [0.05, 0.1) is 20.8 Å². The van der Waals surface area contributed by atoms with Gasteiger partial charge in [0.1, 0.15) is 5.71 Å². The van der Waals surface area contributed by atoms with Gasteiger partial charge < -0.3 is 5.32 Å². The van der Waals surface area contributed by atoms with E-state index in [0.29, 0.717) is 21.4 Å². The molecule has 8 heteroatoms. The number of aryl methyl sites for hydroxylation is 1. The van der Waals surface area contributed by atoms with E-state index in [1.807, 2.05) is 19.1 Å². The van der Waals surface area contributed by atoms with Gasteiger partial charge in [0, 0.05) is 22.2 Å². The van der Waals surface area contributed by atoms with Crippen molar-refractivity contribution in [3.8, 4) is 0 Å². The second kappa shape index (κ2) is 5.86. The van der Waals surface area contributed by atoms with E-state index < -0.39 is 4.92 Å². The highest BCUT2D eigenvalue weighted by Crippen LogP contribution is 2.36. The average Bonchev–Trinajstić information content (AvgIpc) is 2.81. The lowest BCUT2D eigenvalue weighted by Gasteiger charge is -2.05. The number of nitro groups is 1. The smallest absolute Gasteiger partial charge is 0.275 e. The molecule has 2 aromatic carbocycles. The Morgan fingerprint density at radius 3 is 2.61 bits per heavy atom. The lowest BCUT2D eigenvalue weighted by Crippen LogP contribution is -2.14. The first-order valence-corrected chi connectivity index (χ1v) is 8.10. The molecule has 1 heterocycles. The molecular weight excluding hydrogens is 430 g/mol. The Balaban J connectivity index is 2.13. The molecular formula is C15H9Br2N3O3. The molecule has 0 saturated heterocycles. The fourth-order valence-corrected chi connectivity index (χ4v) is 3.23. The number of aliphatic imine (C=N–C) groups is 1. The second-order valence-electron chi connectivity index (χ2n) is 4.93. The quantitative estimate of drug-likeness (QED) is 0.553. The van der Waals surface area contributed by atoms with Gasteiger partial charge in [-0.15, -0.1) is 0 Å². The molecule has 6 nitrogen and oxygen atoms in total. The first kappa shape index (κ1) is 15.8. The third-order valence-electron chi connectivity index (χ3n) is 3.41. The summed E-state index contributed by atoms with van der Waals surface area (Å²) in [5, 5.41) is 13.5. The summed E-state index contributed by atoms with van der Waals surface area (Å²) in [6.45, 7) is 1.92. The number of carbonyl (C=O) groups excluding carboxylic acids is 1. The number of non-ortho nitro benzene ring substituents is 1. The molecule has 0 radical (unpaired) electrons. The number of hydrogen-bond donors (Lipinski definition) is 1. The number of carbonyl (C=O) groups is 1. The van der Waals surface area contributed by atoms with Gasteiger partial charge in [-0.2, -0.15) is 0 Å². The molecule has 3 rings (SSSR count). The van der Waals surface area contributed by atoms with Gasteiger partial charge in [-0.25, -0.2) is 4.99 Å².